The zero-order valence-corrected chi connectivity index (χ0v) is 20.1. The van der Waals surface area contributed by atoms with Crippen molar-refractivity contribution in [1.29, 1.82) is 0 Å². The highest BCUT2D eigenvalue weighted by Crippen LogP contribution is 2.43. The summed E-state index contributed by atoms with van der Waals surface area (Å²) in [7, 11) is 0. The van der Waals surface area contributed by atoms with E-state index < -0.39 is 29.4 Å². The summed E-state index contributed by atoms with van der Waals surface area (Å²) in [5.41, 5.74) is -1.21. The van der Waals surface area contributed by atoms with Crippen LogP contribution in [0.25, 0.3) is 5.65 Å². The molecular weight excluding hydrogens is 485 g/mol. The lowest BCUT2D eigenvalue weighted by atomic mass is 9.86. The van der Waals surface area contributed by atoms with Gasteiger partial charge in [-0.25, -0.2) is 4.98 Å². The predicted octanol–water partition coefficient (Wildman–Crippen LogP) is 4.87. The van der Waals surface area contributed by atoms with E-state index in [1.54, 1.807) is 6.92 Å². The molecule has 2 aliphatic rings. The molecule has 190 valence electrons. The number of fused-ring (bicyclic) bond motifs is 1. The van der Waals surface area contributed by atoms with Gasteiger partial charge in [-0.3, -0.25) is 14.0 Å². The first-order valence-corrected chi connectivity index (χ1v) is 12.2. The van der Waals surface area contributed by atoms with Crippen LogP contribution in [0.2, 0.25) is 5.15 Å². The molecule has 11 heteroatoms. The van der Waals surface area contributed by atoms with Crippen LogP contribution < -0.4 is 5.32 Å². The summed E-state index contributed by atoms with van der Waals surface area (Å²) < 4.78 is 42.1. The Kier molecular flexibility index (Phi) is 7.42. The van der Waals surface area contributed by atoms with Crippen molar-refractivity contribution in [3.8, 4) is 0 Å². The Morgan fingerprint density at radius 1 is 1.29 bits per heavy atom. The van der Waals surface area contributed by atoms with Crippen molar-refractivity contribution >= 4 is 29.1 Å². The predicted molar refractivity (Wildman–Crippen MR) is 124 cm³/mol. The van der Waals surface area contributed by atoms with E-state index in [0.717, 1.165) is 42.6 Å². The largest absolute Gasteiger partial charge is 0.419 e. The number of pyridine rings is 1. The SMILES string of the molecule is CCC(=O)N(C=CNC(=O)c1nc2c(C(F)(F)F)cc(C3CC3)cn2c1Cl)CC1CCCCC1O. The molecule has 2 saturated carbocycles. The van der Waals surface area contributed by atoms with Crippen LogP contribution in [-0.4, -0.2) is 43.9 Å². The monoisotopic (exact) mass is 512 g/mol. The van der Waals surface area contributed by atoms with Crippen LogP contribution >= 0.6 is 11.6 Å². The quantitative estimate of drug-likeness (QED) is 0.554. The molecule has 2 fully saturated rings. The van der Waals surface area contributed by atoms with Gasteiger partial charge in [0.1, 0.15) is 5.15 Å². The summed E-state index contributed by atoms with van der Waals surface area (Å²) in [6.07, 6.45) is 4.27. The van der Waals surface area contributed by atoms with Crippen molar-refractivity contribution in [3.63, 3.8) is 0 Å². The lowest BCUT2D eigenvalue weighted by Crippen LogP contribution is -2.37. The van der Waals surface area contributed by atoms with Crippen molar-refractivity contribution in [1.82, 2.24) is 19.6 Å². The molecule has 4 rings (SSSR count). The lowest BCUT2D eigenvalue weighted by Gasteiger charge is -2.31. The van der Waals surface area contributed by atoms with Crippen LogP contribution in [0.4, 0.5) is 13.2 Å². The van der Waals surface area contributed by atoms with Gasteiger partial charge in [-0.05, 0) is 43.2 Å². The second kappa shape index (κ2) is 10.2. The Balaban J connectivity index is 1.54. The second-order valence-electron chi connectivity index (χ2n) is 9.20. The van der Waals surface area contributed by atoms with E-state index in [2.05, 4.69) is 10.3 Å². The van der Waals surface area contributed by atoms with Gasteiger partial charge in [-0.2, -0.15) is 13.2 Å². The van der Waals surface area contributed by atoms with E-state index in [1.807, 2.05) is 0 Å². The third-order valence-electron chi connectivity index (χ3n) is 6.64. The summed E-state index contributed by atoms with van der Waals surface area (Å²) in [6.45, 7) is 2.03. The highest BCUT2D eigenvalue weighted by molar-refractivity contribution is 6.33. The molecule has 2 atom stereocenters. The third-order valence-corrected chi connectivity index (χ3v) is 7.01. The number of aliphatic hydroxyl groups is 1. The summed E-state index contributed by atoms with van der Waals surface area (Å²) >= 11 is 6.29. The summed E-state index contributed by atoms with van der Waals surface area (Å²) in [4.78, 5) is 30.5. The van der Waals surface area contributed by atoms with Crippen molar-refractivity contribution < 1.29 is 27.9 Å². The van der Waals surface area contributed by atoms with E-state index in [1.165, 1.54) is 23.5 Å². The molecule has 2 amide bonds. The Labute approximate surface area is 205 Å². The standard InChI is InChI=1S/C24H28ClF3N4O3/c1-2-19(34)31(12-15-5-3-4-6-18(15)33)10-9-29-23(35)20-21(25)32-13-16(14-7-8-14)11-17(22(32)30-20)24(26,27)28/h9-11,13-15,18,33H,2-8,12H2,1H3,(H,29,35). The minimum atomic E-state index is -4.65. The normalized spacial score (nSPS) is 21.0. The van der Waals surface area contributed by atoms with Crippen LogP contribution in [0.1, 0.15) is 79.4 Å². The number of aliphatic hydroxyl groups excluding tert-OH is 1. The fourth-order valence-electron chi connectivity index (χ4n) is 4.51. The molecular formula is C24H28ClF3N4O3. The van der Waals surface area contributed by atoms with Crippen LogP contribution in [0.3, 0.4) is 0 Å². The number of hydrogen-bond donors (Lipinski definition) is 2. The van der Waals surface area contributed by atoms with Crippen molar-refractivity contribution in [2.24, 2.45) is 5.92 Å². The molecule has 0 radical (unpaired) electrons. The highest BCUT2D eigenvalue weighted by Gasteiger charge is 2.37. The van der Waals surface area contributed by atoms with Gasteiger partial charge in [0.2, 0.25) is 5.91 Å². The minimum Gasteiger partial charge on any atom is -0.393 e. The summed E-state index contributed by atoms with van der Waals surface area (Å²) in [5.74, 6) is -0.989. The maximum absolute atomic E-state index is 13.7. The Morgan fingerprint density at radius 2 is 2.00 bits per heavy atom. The number of carbonyl (C=O) groups excluding carboxylic acids is 2. The molecule has 35 heavy (non-hydrogen) atoms. The molecule has 0 spiro atoms. The van der Waals surface area contributed by atoms with Gasteiger partial charge >= 0.3 is 6.18 Å². The number of nitrogens with one attached hydrogen (secondary N) is 1. The third kappa shape index (κ3) is 5.64. The van der Waals surface area contributed by atoms with Crippen LogP contribution in [0.15, 0.2) is 24.7 Å². The van der Waals surface area contributed by atoms with Gasteiger partial charge in [-0.15, -0.1) is 0 Å². The van der Waals surface area contributed by atoms with Gasteiger partial charge in [-0.1, -0.05) is 31.4 Å². The highest BCUT2D eigenvalue weighted by atomic mass is 35.5. The number of alkyl halides is 3. The first-order valence-electron chi connectivity index (χ1n) is 11.8. The van der Waals surface area contributed by atoms with E-state index >= 15 is 0 Å². The summed E-state index contributed by atoms with van der Waals surface area (Å²) in [6, 6.07) is 1.08. The Hall–Kier alpha value is -2.59. The molecule has 0 aromatic carbocycles. The average molecular weight is 513 g/mol. The maximum Gasteiger partial charge on any atom is 0.419 e. The Morgan fingerprint density at radius 3 is 2.63 bits per heavy atom. The van der Waals surface area contributed by atoms with Crippen molar-refractivity contribution in [2.45, 2.75) is 70.1 Å². The zero-order valence-electron chi connectivity index (χ0n) is 19.3. The number of halogens is 4. The van der Waals surface area contributed by atoms with Gasteiger partial charge in [0.15, 0.2) is 11.3 Å². The number of hydrogen-bond acceptors (Lipinski definition) is 4. The fraction of sp³-hybridized carbons (Fsp3) is 0.542. The smallest absolute Gasteiger partial charge is 0.393 e. The van der Waals surface area contributed by atoms with Crippen molar-refractivity contribution in [3.05, 3.63) is 46.6 Å². The lowest BCUT2D eigenvalue weighted by molar-refractivity contribution is -0.136. The van der Waals surface area contributed by atoms with Gasteiger partial charge < -0.3 is 15.3 Å². The molecule has 2 N–H and O–H groups in total. The summed E-state index contributed by atoms with van der Waals surface area (Å²) in [5, 5.41) is 12.5. The molecule has 0 saturated heterocycles. The van der Waals surface area contributed by atoms with Crippen molar-refractivity contribution in [2.75, 3.05) is 6.54 Å². The number of imidazole rings is 1. The average Bonchev–Trinajstić information content (AvgIpc) is 3.61. The zero-order chi connectivity index (χ0) is 25.3. The molecule has 2 aromatic heterocycles. The number of carbonyl (C=O) groups is 2. The molecule has 2 unspecified atom stereocenters. The number of amides is 2. The number of rotatable bonds is 7. The molecule has 0 aliphatic heterocycles. The van der Waals surface area contributed by atoms with Gasteiger partial charge in [0, 0.05) is 37.5 Å². The van der Waals surface area contributed by atoms with Crippen LogP contribution in [0.5, 0.6) is 0 Å². The number of aromatic nitrogens is 2. The van der Waals surface area contributed by atoms with E-state index in [-0.39, 0.29) is 35.0 Å². The molecule has 0 bridgehead atoms. The second-order valence-corrected chi connectivity index (χ2v) is 9.56. The first-order chi connectivity index (χ1) is 16.6. The molecule has 2 aromatic rings. The molecule has 2 aliphatic carbocycles. The van der Waals surface area contributed by atoms with Gasteiger partial charge in [0.25, 0.3) is 5.91 Å². The van der Waals surface area contributed by atoms with Crippen LogP contribution in [-0.2, 0) is 11.0 Å². The molecule has 7 nitrogen and oxygen atoms in total. The fourth-order valence-corrected chi connectivity index (χ4v) is 4.76. The van der Waals surface area contributed by atoms with Gasteiger partial charge in [0.05, 0.1) is 11.7 Å². The Bertz CT molecular complexity index is 1140. The minimum absolute atomic E-state index is 0.0453. The first kappa shape index (κ1) is 25.5. The van der Waals surface area contributed by atoms with E-state index in [9.17, 15) is 27.9 Å². The number of nitrogens with zero attached hydrogens (tertiary/aromatic N) is 3. The van der Waals surface area contributed by atoms with E-state index in [4.69, 9.17) is 11.6 Å². The molecule has 2 heterocycles. The van der Waals surface area contributed by atoms with E-state index in [0.29, 0.717) is 18.5 Å². The topological polar surface area (TPSA) is 86.9 Å². The van der Waals surface area contributed by atoms with Crippen LogP contribution in [0, 0.1) is 5.92 Å². The maximum atomic E-state index is 13.7.